The minimum Gasteiger partial charge on any atom is -0.494 e. The molecule has 7 nitrogen and oxygen atoms in total. The molecule has 0 amide bonds. The van der Waals surface area contributed by atoms with Gasteiger partial charge in [-0.2, -0.15) is 0 Å². The molecule has 0 saturated carbocycles. The van der Waals surface area contributed by atoms with Crippen LogP contribution >= 0.6 is 0 Å². The van der Waals surface area contributed by atoms with Gasteiger partial charge in [0.05, 0.1) is 13.1 Å². The van der Waals surface area contributed by atoms with Crippen LogP contribution in [0.25, 0.3) is 0 Å². The number of aryl methyl sites for hydroxylation is 1. The van der Waals surface area contributed by atoms with Gasteiger partial charge in [0.15, 0.2) is 0 Å². The van der Waals surface area contributed by atoms with Gasteiger partial charge in [-0.15, -0.1) is 0 Å². The fourth-order valence-corrected chi connectivity index (χ4v) is 4.44. The molecule has 1 unspecified atom stereocenters. The normalized spacial score (nSPS) is 18.2. The van der Waals surface area contributed by atoms with E-state index in [9.17, 15) is 9.59 Å². The van der Waals surface area contributed by atoms with Crippen LogP contribution in [0.3, 0.4) is 0 Å². The van der Waals surface area contributed by atoms with E-state index < -0.39 is 19.1 Å². The molecule has 35 heavy (non-hydrogen) atoms. The maximum Gasteiger partial charge on any atom is 0.636 e. The molecular weight excluding hydrogens is 445 g/mol. The molecule has 0 spiro atoms. The second-order valence-corrected chi connectivity index (χ2v) is 8.94. The van der Waals surface area contributed by atoms with Crippen molar-refractivity contribution in [2.24, 2.45) is 0 Å². The first-order valence-corrected chi connectivity index (χ1v) is 11.6. The van der Waals surface area contributed by atoms with Gasteiger partial charge in [0.2, 0.25) is 0 Å². The van der Waals surface area contributed by atoms with Crippen LogP contribution in [0.15, 0.2) is 66.7 Å². The fourth-order valence-electron chi connectivity index (χ4n) is 4.44. The Hall–Kier alpha value is -3.78. The predicted molar refractivity (Wildman–Crippen MR) is 131 cm³/mol. The number of fused-ring (bicyclic) bond motifs is 1. The van der Waals surface area contributed by atoms with E-state index in [-0.39, 0.29) is 19.2 Å². The molecule has 1 atom stereocenters. The summed E-state index contributed by atoms with van der Waals surface area (Å²) in [7, 11) is 0.597. The Labute approximate surface area is 204 Å². The van der Waals surface area contributed by atoms with E-state index in [1.807, 2.05) is 43.3 Å². The molecule has 0 radical (unpaired) electrons. The summed E-state index contributed by atoms with van der Waals surface area (Å²) in [5.74, 6) is 1.46. The van der Waals surface area contributed by atoms with Gasteiger partial charge in [0, 0.05) is 11.0 Å². The third-order valence-corrected chi connectivity index (χ3v) is 6.10. The van der Waals surface area contributed by atoms with Gasteiger partial charge in [-0.3, -0.25) is 14.5 Å². The molecule has 0 N–H and O–H groups in total. The van der Waals surface area contributed by atoms with Gasteiger partial charge in [0.1, 0.15) is 23.4 Å². The Morgan fingerprint density at radius 3 is 2.34 bits per heavy atom. The van der Waals surface area contributed by atoms with Gasteiger partial charge < -0.3 is 18.8 Å². The second-order valence-electron chi connectivity index (χ2n) is 8.94. The van der Waals surface area contributed by atoms with E-state index in [0.29, 0.717) is 11.2 Å². The van der Waals surface area contributed by atoms with E-state index in [4.69, 9.17) is 18.8 Å². The van der Waals surface area contributed by atoms with Crippen LogP contribution in [-0.4, -0.2) is 44.1 Å². The summed E-state index contributed by atoms with van der Waals surface area (Å²) in [6, 6.07) is 21.2. The number of rotatable bonds is 5. The molecule has 0 aromatic heterocycles. The number of nitrogens with zero attached hydrogens (tertiary/aromatic N) is 1. The quantitative estimate of drug-likeness (QED) is 0.527. The molecule has 0 bridgehead atoms. The van der Waals surface area contributed by atoms with Crippen LogP contribution in [-0.2, 0) is 25.3 Å². The van der Waals surface area contributed by atoms with Crippen molar-refractivity contribution in [3.63, 3.8) is 0 Å². The molecule has 1 saturated heterocycles. The smallest absolute Gasteiger partial charge is 0.494 e. The number of carbonyl (C=O) groups is 2. The van der Waals surface area contributed by atoms with Gasteiger partial charge in [-0.05, 0) is 68.3 Å². The lowest BCUT2D eigenvalue weighted by molar-refractivity contribution is -0.145. The molecule has 8 heteroatoms. The molecule has 2 aliphatic rings. The van der Waals surface area contributed by atoms with Gasteiger partial charge in [-0.25, -0.2) is 0 Å². The van der Waals surface area contributed by atoms with E-state index in [2.05, 4.69) is 6.07 Å². The molecule has 5 rings (SSSR count). The molecule has 3 aromatic rings. The Bertz CT molecular complexity index is 1220. The van der Waals surface area contributed by atoms with E-state index in [1.165, 1.54) is 0 Å². The fraction of sp³-hybridized carbons (Fsp3) is 0.259. The van der Waals surface area contributed by atoms with Crippen LogP contribution in [0.4, 0.5) is 0 Å². The first-order valence-electron chi connectivity index (χ1n) is 11.6. The predicted octanol–water partition coefficient (Wildman–Crippen LogP) is 3.58. The standard InChI is InChI=1S/C27H26BNO6/c1-18-5-3-6-21(15-18)33-24-8-4-7-22-23(24)13-14-25(22)32-20-11-9-19(10-12-20)28-34-26(30)16-29(2)17-27(31)35-28/h3-12,15,25H,13-14,16-17H2,1-2H3. The van der Waals surface area contributed by atoms with Crippen molar-refractivity contribution in [2.75, 3.05) is 20.1 Å². The topological polar surface area (TPSA) is 74.3 Å². The van der Waals surface area contributed by atoms with Gasteiger partial charge in [-0.1, -0.05) is 36.4 Å². The average Bonchev–Trinajstić information content (AvgIpc) is 3.22. The monoisotopic (exact) mass is 471 g/mol. The number of likely N-dealkylation sites (N-methyl/N-ethyl adjacent to an activating group) is 1. The first kappa shape index (κ1) is 23.0. The second kappa shape index (κ2) is 9.84. The summed E-state index contributed by atoms with van der Waals surface area (Å²) in [6.07, 6.45) is 1.61. The van der Waals surface area contributed by atoms with Crippen LogP contribution in [0.1, 0.15) is 29.2 Å². The molecule has 3 aromatic carbocycles. The highest BCUT2D eigenvalue weighted by atomic mass is 16.6. The summed E-state index contributed by atoms with van der Waals surface area (Å²) < 4.78 is 23.1. The highest BCUT2D eigenvalue weighted by Gasteiger charge is 2.34. The van der Waals surface area contributed by atoms with E-state index in [0.717, 1.165) is 41.0 Å². The lowest BCUT2D eigenvalue weighted by Crippen LogP contribution is -2.47. The van der Waals surface area contributed by atoms with Crippen molar-refractivity contribution in [3.05, 3.63) is 83.4 Å². The minimum absolute atomic E-state index is 0.0312. The van der Waals surface area contributed by atoms with Crippen molar-refractivity contribution >= 4 is 24.5 Å². The summed E-state index contributed by atoms with van der Waals surface area (Å²) in [4.78, 5) is 25.6. The van der Waals surface area contributed by atoms with Crippen LogP contribution in [0.2, 0.25) is 0 Å². The lowest BCUT2D eigenvalue weighted by Gasteiger charge is -2.22. The molecule has 178 valence electrons. The van der Waals surface area contributed by atoms with Crippen LogP contribution in [0, 0.1) is 6.92 Å². The van der Waals surface area contributed by atoms with Crippen molar-refractivity contribution in [3.8, 4) is 17.2 Å². The minimum atomic E-state index is -1.06. The summed E-state index contributed by atoms with van der Waals surface area (Å²) >= 11 is 0. The van der Waals surface area contributed by atoms with E-state index >= 15 is 0 Å². The van der Waals surface area contributed by atoms with Crippen molar-refractivity contribution in [2.45, 2.75) is 25.9 Å². The molecule has 1 aliphatic heterocycles. The van der Waals surface area contributed by atoms with Gasteiger partial charge in [0.25, 0.3) is 0 Å². The Balaban J connectivity index is 1.28. The maximum absolute atomic E-state index is 12.0. The Kier molecular flexibility index (Phi) is 6.46. The SMILES string of the molecule is Cc1cccc(Oc2cccc3c2CCC3Oc2ccc(B3OC(=O)CN(C)CC(=O)O3)cc2)c1. The number of ether oxygens (including phenoxy) is 2. The van der Waals surface area contributed by atoms with Crippen LogP contribution < -0.4 is 14.9 Å². The molecule has 1 fully saturated rings. The number of carbonyl (C=O) groups excluding carboxylic acids is 2. The van der Waals surface area contributed by atoms with Crippen molar-refractivity contribution in [1.29, 1.82) is 0 Å². The zero-order valence-electron chi connectivity index (χ0n) is 19.7. The third kappa shape index (κ3) is 5.33. The first-order chi connectivity index (χ1) is 16.9. The van der Waals surface area contributed by atoms with E-state index in [1.54, 1.807) is 36.2 Å². The third-order valence-electron chi connectivity index (χ3n) is 6.10. The molecule has 1 aliphatic carbocycles. The maximum atomic E-state index is 12.0. The van der Waals surface area contributed by atoms with Crippen LogP contribution in [0.5, 0.6) is 17.2 Å². The Morgan fingerprint density at radius 2 is 1.63 bits per heavy atom. The highest BCUT2D eigenvalue weighted by molar-refractivity contribution is 6.64. The lowest BCUT2D eigenvalue weighted by atomic mass is 9.78. The summed E-state index contributed by atoms with van der Waals surface area (Å²) in [5, 5.41) is 0. The summed E-state index contributed by atoms with van der Waals surface area (Å²) in [6.45, 7) is 2.11. The largest absolute Gasteiger partial charge is 0.636 e. The van der Waals surface area contributed by atoms with Gasteiger partial charge >= 0.3 is 19.1 Å². The van der Waals surface area contributed by atoms with Crippen molar-refractivity contribution < 1.29 is 28.4 Å². The number of benzene rings is 3. The number of hydrogen-bond acceptors (Lipinski definition) is 7. The zero-order valence-corrected chi connectivity index (χ0v) is 19.7. The zero-order chi connectivity index (χ0) is 24.4. The average molecular weight is 471 g/mol. The molecular formula is C27H26BNO6. The molecule has 1 heterocycles. The Morgan fingerprint density at radius 1 is 0.914 bits per heavy atom. The van der Waals surface area contributed by atoms with Crippen molar-refractivity contribution in [1.82, 2.24) is 4.90 Å². The highest BCUT2D eigenvalue weighted by Crippen LogP contribution is 2.40. The summed E-state index contributed by atoms with van der Waals surface area (Å²) in [5.41, 5.74) is 4.00. The number of hydrogen-bond donors (Lipinski definition) is 0.